The fourth-order valence-corrected chi connectivity index (χ4v) is 3.38. The normalized spacial score (nSPS) is 10.8. The van der Waals surface area contributed by atoms with Crippen LogP contribution in [-0.2, 0) is 6.54 Å². The third kappa shape index (κ3) is 6.14. The largest absolute Gasteiger partial charge is 0.493 e. The van der Waals surface area contributed by atoms with Crippen molar-refractivity contribution in [2.45, 2.75) is 13.5 Å². The summed E-state index contributed by atoms with van der Waals surface area (Å²) in [4.78, 5) is 5.46. The fourth-order valence-electron chi connectivity index (χ4n) is 1.95. The standard InChI is InChI=1S/C16H20BrN3O2S.HI/c1-4-22-13-7-5-11(9-14(13)21-3)20-16(18-2)19-10-12-6-8-15(17)23-12;/h5-9H,4,10H2,1-3H3,(H2,18,19,20);1H. The summed E-state index contributed by atoms with van der Waals surface area (Å²) >= 11 is 5.16. The number of thiophene rings is 1. The third-order valence-corrected chi connectivity index (χ3v) is 4.63. The zero-order chi connectivity index (χ0) is 16.7. The van der Waals surface area contributed by atoms with Gasteiger partial charge in [0, 0.05) is 23.7 Å². The van der Waals surface area contributed by atoms with Gasteiger partial charge in [0.05, 0.1) is 24.0 Å². The molecule has 0 atom stereocenters. The molecule has 8 heteroatoms. The number of nitrogens with zero attached hydrogens (tertiary/aromatic N) is 1. The van der Waals surface area contributed by atoms with Gasteiger partial charge in [-0.3, -0.25) is 4.99 Å². The molecule has 2 aromatic rings. The number of aliphatic imine (C=N–C) groups is 1. The number of ether oxygens (including phenoxy) is 2. The topological polar surface area (TPSA) is 54.9 Å². The van der Waals surface area contributed by atoms with Crippen molar-refractivity contribution < 1.29 is 9.47 Å². The Hall–Kier alpha value is -1.000. The van der Waals surface area contributed by atoms with Crippen LogP contribution in [0.4, 0.5) is 5.69 Å². The van der Waals surface area contributed by atoms with E-state index < -0.39 is 0 Å². The third-order valence-electron chi connectivity index (χ3n) is 3.01. The van der Waals surface area contributed by atoms with E-state index in [2.05, 4.69) is 37.6 Å². The molecule has 0 aliphatic rings. The molecule has 0 saturated carbocycles. The number of guanidine groups is 1. The van der Waals surface area contributed by atoms with E-state index in [9.17, 15) is 0 Å². The van der Waals surface area contributed by atoms with Crippen LogP contribution in [0.15, 0.2) is 39.1 Å². The maximum atomic E-state index is 5.52. The van der Waals surface area contributed by atoms with Crippen molar-refractivity contribution in [2.75, 3.05) is 26.1 Å². The Morgan fingerprint density at radius 3 is 2.62 bits per heavy atom. The highest BCUT2D eigenvalue weighted by atomic mass is 127. The number of rotatable bonds is 6. The Labute approximate surface area is 172 Å². The van der Waals surface area contributed by atoms with Gasteiger partial charge in [0.25, 0.3) is 0 Å². The second-order valence-electron chi connectivity index (χ2n) is 4.56. The van der Waals surface area contributed by atoms with Crippen molar-refractivity contribution in [3.63, 3.8) is 0 Å². The lowest BCUT2D eigenvalue weighted by atomic mass is 10.2. The molecule has 0 unspecified atom stereocenters. The molecule has 0 spiro atoms. The predicted octanol–water partition coefficient (Wildman–Crippen LogP) is 4.72. The van der Waals surface area contributed by atoms with Gasteiger partial charge in [0.1, 0.15) is 0 Å². The summed E-state index contributed by atoms with van der Waals surface area (Å²) in [6.45, 7) is 3.26. The van der Waals surface area contributed by atoms with Gasteiger partial charge in [-0.05, 0) is 47.1 Å². The fraction of sp³-hybridized carbons (Fsp3) is 0.312. The summed E-state index contributed by atoms with van der Waals surface area (Å²) in [7, 11) is 3.37. The number of nitrogens with one attached hydrogen (secondary N) is 2. The first-order chi connectivity index (χ1) is 11.2. The molecule has 0 aliphatic heterocycles. The van der Waals surface area contributed by atoms with E-state index in [1.165, 1.54) is 4.88 Å². The molecule has 0 aliphatic carbocycles. The van der Waals surface area contributed by atoms with Gasteiger partial charge in [-0.2, -0.15) is 0 Å². The van der Waals surface area contributed by atoms with Crippen LogP contribution in [0.1, 0.15) is 11.8 Å². The summed E-state index contributed by atoms with van der Waals surface area (Å²) in [5.74, 6) is 2.11. The second kappa shape index (κ2) is 10.8. The highest BCUT2D eigenvalue weighted by Gasteiger charge is 2.07. The van der Waals surface area contributed by atoms with Crippen LogP contribution in [0.2, 0.25) is 0 Å². The SMILES string of the molecule is CCOc1ccc(NC(=NC)NCc2ccc(Br)s2)cc1OC.I. The highest BCUT2D eigenvalue weighted by molar-refractivity contribution is 14.0. The molecule has 1 aromatic heterocycles. The van der Waals surface area contributed by atoms with Crippen molar-refractivity contribution in [1.82, 2.24) is 5.32 Å². The molecule has 5 nitrogen and oxygen atoms in total. The van der Waals surface area contributed by atoms with Crippen LogP contribution in [0.5, 0.6) is 11.5 Å². The molecule has 24 heavy (non-hydrogen) atoms. The van der Waals surface area contributed by atoms with Gasteiger partial charge in [-0.25, -0.2) is 0 Å². The first-order valence-electron chi connectivity index (χ1n) is 7.19. The van der Waals surface area contributed by atoms with E-state index in [4.69, 9.17) is 9.47 Å². The predicted molar refractivity (Wildman–Crippen MR) is 115 cm³/mol. The Morgan fingerprint density at radius 1 is 1.25 bits per heavy atom. The maximum absolute atomic E-state index is 5.52. The Bertz CT molecular complexity index is 679. The maximum Gasteiger partial charge on any atom is 0.195 e. The number of halogens is 2. The van der Waals surface area contributed by atoms with Crippen molar-refractivity contribution in [1.29, 1.82) is 0 Å². The Morgan fingerprint density at radius 2 is 2.04 bits per heavy atom. The van der Waals surface area contributed by atoms with Crippen LogP contribution in [0, 0.1) is 0 Å². The van der Waals surface area contributed by atoms with Crippen LogP contribution in [-0.4, -0.2) is 26.7 Å². The molecule has 1 heterocycles. The smallest absolute Gasteiger partial charge is 0.195 e. The zero-order valence-electron chi connectivity index (χ0n) is 13.8. The Balaban J connectivity index is 0.00000288. The second-order valence-corrected chi connectivity index (χ2v) is 7.10. The van der Waals surface area contributed by atoms with Crippen molar-refractivity contribution in [3.05, 3.63) is 39.0 Å². The van der Waals surface area contributed by atoms with Crippen molar-refractivity contribution >= 4 is 62.9 Å². The van der Waals surface area contributed by atoms with Gasteiger partial charge in [0.2, 0.25) is 0 Å². The number of hydrogen-bond donors (Lipinski definition) is 2. The van der Waals surface area contributed by atoms with Gasteiger partial charge < -0.3 is 20.1 Å². The zero-order valence-corrected chi connectivity index (χ0v) is 18.5. The van der Waals surface area contributed by atoms with Crippen LogP contribution < -0.4 is 20.1 Å². The monoisotopic (exact) mass is 525 g/mol. The lowest BCUT2D eigenvalue weighted by Crippen LogP contribution is -2.29. The van der Waals surface area contributed by atoms with E-state index in [0.29, 0.717) is 24.9 Å². The average molecular weight is 526 g/mol. The van der Waals surface area contributed by atoms with Crippen molar-refractivity contribution in [2.24, 2.45) is 4.99 Å². The minimum Gasteiger partial charge on any atom is -0.493 e. The van der Waals surface area contributed by atoms with Gasteiger partial charge >= 0.3 is 0 Å². The van der Waals surface area contributed by atoms with Gasteiger partial charge in [0.15, 0.2) is 17.5 Å². The van der Waals surface area contributed by atoms with E-state index in [1.54, 1.807) is 25.5 Å². The van der Waals surface area contributed by atoms with Crippen LogP contribution in [0.3, 0.4) is 0 Å². The van der Waals surface area contributed by atoms with E-state index in [0.717, 1.165) is 15.2 Å². The first-order valence-corrected chi connectivity index (χ1v) is 8.80. The number of benzene rings is 1. The molecular formula is C16H21BrIN3O2S. The molecule has 0 fully saturated rings. The molecule has 2 rings (SSSR count). The molecule has 0 saturated heterocycles. The lowest BCUT2D eigenvalue weighted by Gasteiger charge is -2.14. The summed E-state index contributed by atoms with van der Waals surface area (Å²) in [5.41, 5.74) is 0.880. The van der Waals surface area contributed by atoms with E-state index in [1.807, 2.05) is 31.2 Å². The summed E-state index contributed by atoms with van der Waals surface area (Å²) in [6.07, 6.45) is 0. The quantitative estimate of drug-likeness (QED) is 0.325. The van der Waals surface area contributed by atoms with E-state index >= 15 is 0 Å². The number of hydrogen-bond acceptors (Lipinski definition) is 4. The first kappa shape index (κ1) is 21.0. The highest BCUT2D eigenvalue weighted by Crippen LogP contribution is 2.30. The molecular weight excluding hydrogens is 505 g/mol. The molecule has 1 aromatic carbocycles. The van der Waals surface area contributed by atoms with Gasteiger partial charge in [-0.1, -0.05) is 0 Å². The average Bonchev–Trinajstić information content (AvgIpc) is 2.98. The number of anilines is 1. The molecule has 0 radical (unpaired) electrons. The summed E-state index contributed by atoms with van der Waals surface area (Å²) < 4.78 is 12.0. The molecule has 0 bridgehead atoms. The van der Waals surface area contributed by atoms with Crippen LogP contribution >= 0.6 is 51.2 Å². The molecule has 132 valence electrons. The summed E-state index contributed by atoms with van der Waals surface area (Å²) in [6, 6.07) is 9.82. The molecule has 0 amide bonds. The summed E-state index contributed by atoms with van der Waals surface area (Å²) in [5, 5.41) is 6.53. The minimum atomic E-state index is 0. The lowest BCUT2D eigenvalue weighted by molar-refractivity contribution is 0.311. The van der Waals surface area contributed by atoms with Crippen LogP contribution in [0.25, 0.3) is 0 Å². The van der Waals surface area contributed by atoms with Gasteiger partial charge in [-0.15, -0.1) is 35.3 Å². The van der Waals surface area contributed by atoms with E-state index in [-0.39, 0.29) is 24.0 Å². The molecule has 2 N–H and O–H groups in total. The number of methoxy groups -OCH3 is 1. The minimum absolute atomic E-state index is 0. The van der Waals surface area contributed by atoms with Crippen molar-refractivity contribution in [3.8, 4) is 11.5 Å². The Kier molecular flexibility index (Phi) is 9.45.